The molecule has 1 aliphatic heterocycles. The molecule has 1 amide bonds. The Balaban J connectivity index is 1.68. The van der Waals surface area contributed by atoms with E-state index in [9.17, 15) is 9.18 Å². The molecule has 2 aliphatic rings. The van der Waals surface area contributed by atoms with Gasteiger partial charge in [0.25, 0.3) is 5.91 Å². The molecule has 1 saturated carbocycles. The van der Waals surface area contributed by atoms with Crippen molar-refractivity contribution in [2.75, 3.05) is 5.32 Å². The number of carbonyl (C=O) groups is 1. The summed E-state index contributed by atoms with van der Waals surface area (Å²) in [7, 11) is 0. The van der Waals surface area contributed by atoms with Gasteiger partial charge in [0.2, 0.25) is 0 Å². The van der Waals surface area contributed by atoms with E-state index in [1.54, 1.807) is 25.1 Å². The van der Waals surface area contributed by atoms with Crippen molar-refractivity contribution in [3.63, 3.8) is 0 Å². The number of hydrogen-bond donors (Lipinski definition) is 1. The molecule has 2 aromatic carbocycles. The van der Waals surface area contributed by atoms with Gasteiger partial charge in [-0.15, -0.1) is 0 Å². The third-order valence-corrected chi connectivity index (χ3v) is 6.96. The van der Waals surface area contributed by atoms with Crippen molar-refractivity contribution in [3.8, 4) is 5.75 Å². The van der Waals surface area contributed by atoms with Gasteiger partial charge in [0, 0.05) is 16.8 Å². The fourth-order valence-corrected chi connectivity index (χ4v) is 5.11. The van der Waals surface area contributed by atoms with Gasteiger partial charge < -0.3 is 10.1 Å². The molecular weight excluding hydrogens is 457 g/mol. The molecule has 1 heterocycles. The van der Waals surface area contributed by atoms with E-state index in [4.69, 9.17) is 4.74 Å². The maximum absolute atomic E-state index is 13.9. The second kappa shape index (κ2) is 8.42. The van der Waals surface area contributed by atoms with Crippen molar-refractivity contribution >= 4 is 33.1 Å². The van der Waals surface area contributed by atoms with Gasteiger partial charge >= 0.3 is 0 Å². The standard InChI is InChI=1S/C26H29BrFNO2/c1-15-5-8-17(9-6-15)21-14-26(3,4)31-24-20(21)11-18(12-22(24)27)25(30)29-19-10-7-16(2)23(28)13-19/h7,10-15,17H,5-6,8-9H2,1-4H3,(H,29,30)/t15-,17-. The number of amides is 1. The smallest absolute Gasteiger partial charge is 0.255 e. The van der Waals surface area contributed by atoms with E-state index in [1.807, 2.05) is 6.07 Å². The van der Waals surface area contributed by atoms with E-state index < -0.39 is 5.60 Å². The number of carbonyl (C=O) groups excluding carboxylic acids is 1. The fraction of sp³-hybridized carbons (Fsp3) is 0.423. The molecule has 0 aromatic heterocycles. The molecule has 0 atom stereocenters. The Hall–Kier alpha value is -2.14. The molecular formula is C26H29BrFNO2. The van der Waals surface area contributed by atoms with Crippen LogP contribution in [0, 0.1) is 24.6 Å². The van der Waals surface area contributed by atoms with Crippen LogP contribution in [0.5, 0.6) is 5.75 Å². The summed E-state index contributed by atoms with van der Waals surface area (Å²) in [5.41, 5.74) is 3.35. The molecule has 0 spiro atoms. The monoisotopic (exact) mass is 485 g/mol. The topological polar surface area (TPSA) is 38.3 Å². The number of aryl methyl sites for hydroxylation is 1. The lowest BCUT2D eigenvalue weighted by Crippen LogP contribution is -2.31. The molecule has 0 bridgehead atoms. The summed E-state index contributed by atoms with van der Waals surface area (Å²) in [4.78, 5) is 13.0. The Morgan fingerprint density at radius 1 is 1.16 bits per heavy atom. The Bertz CT molecular complexity index is 1050. The lowest BCUT2D eigenvalue weighted by molar-refractivity contribution is 0.102. The van der Waals surface area contributed by atoms with E-state index in [-0.39, 0.29) is 11.7 Å². The molecule has 164 valence electrons. The van der Waals surface area contributed by atoms with E-state index in [0.717, 1.165) is 34.5 Å². The zero-order chi connectivity index (χ0) is 22.3. The Morgan fingerprint density at radius 3 is 2.55 bits per heavy atom. The van der Waals surface area contributed by atoms with Crippen LogP contribution in [-0.4, -0.2) is 11.5 Å². The lowest BCUT2D eigenvalue weighted by atomic mass is 9.75. The van der Waals surface area contributed by atoms with Gasteiger partial charge in [0.05, 0.1) is 4.47 Å². The molecule has 0 unspecified atom stereocenters. The SMILES string of the molecule is Cc1ccc(NC(=O)c2cc(Br)c3c(c2)C([C@H]2CC[C@H](C)CC2)=CC(C)(C)O3)cc1F. The molecule has 0 saturated heterocycles. The van der Waals surface area contributed by atoms with Crippen LogP contribution in [0.25, 0.3) is 5.57 Å². The van der Waals surface area contributed by atoms with E-state index in [0.29, 0.717) is 22.7 Å². The lowest BCUT2D eigenvalue weighted by Gasteiger charge is -2.37. The number of nitrogens with one attached hydrogen (secondary N) is 1. The van der Waals surface area contributed by atoms with Crippen molar-refractivity contribution in [1.82, 2.24) is 0 Å². The van der Waals surface area contributed by atoms with Crippen molar-refractivity contribution in [1.29, 1.82) is 0 Å². The van der Waals surface area contributed by atoms with Crippen molar-refractivity contribution < 1.29 is 13.9 Å². The second-order valence-corrected chi connectivity index (χ2v) is 10.4. The number of benzene rings is 2. The summed E-state index contributed by atoms with van der Waals surface area (Å²) in [6.07, 6.45) is 6.97. The van der Waals surface area contributed by atoms with Gasteiger partial charge in [-0.2, -0.15) is 0 Å². The molecule has 3 nitrogen and oxygen atoms in total. The summed E-state index contributed by atoms with van der Waals surface area (Å²) < 4.78 is 20.9. The predicted molar refractivity (Wildman–Crippen MR) is 127 cm³/mol. The van der Waals surface area contributed by atoms with Crippen LogP contribution in [0.4, 0.5) is 10.1 Å². The molecule has 1 fully saturated rings. The average Bonchev–Trinajstić information content (AvgIpc) is 2.71. The summed E-state index contributed by atoms with van der Waals surface area (Å²) >= 11 is 3.63. The Morgan fingerprint density at radius 2 is 1.87 bits per heavy atom. The van der Waals surface area contributed by atoms with Gasteiger partial charge in [0.1, 0.15) is 17.2 Å². The number of allylic oxidation sites excluding steroid dienone is 1. The normalized spacial score (nSPS) is 22.2. The fourth-order valence-electron chi connectivity index (χ4n) is 4.57. The largest absolute Gasteiger partial charge is 0.482 e. The number of anilines is 1. The first-order valence-corrected chi connectivity index (χ1v) is 11.8. The third kappa shape index (κ3) is 4.72. The average molecular weight is 486 g/mol. The predicted octanol–water partition coefficient (Wildman–Crippen LogP) is 7.53. The van der Waals surface area contributed by atoms with E-state index in [1.165, 1.54) is 24.5 Å². The van der Waals surface area contributed by atoms with Gasteiger partial charge in [0.15, 0.2) is 0 Å². The van der Waals surface area contributed by atoms with Gasteiger partial charge in [-0.05, 0) is 103 Å². The summed E-state index contributed by atoms with van der Waals surface area (Å²) in [6, 6.07) is 8.42. The van der Waals surface area contributed by atoms with Crippen molar-refractivity contribution in [2.24, 2.45) is 11.8 Å². The molecule has 1 aliphatic carbocycles. The number of fused-ring (bicyclic) bond motifs is 1. The molecule has 2 aromatic rings. The van der Waals surface area contributed by atoms with Crippen LogP contribution in [-0.2, 0) is 0 Å². The van der Waals surface area contributed by atoms with Crippen molar-refractivity contribution in [2.45, 2.75) is 59.0 Å². The molecule has 0 radical (unpaired) electrons. The van der Waals surface area contributed by atoms with E-state index >= 15 is 0 Å². The first-order valence-electron chi connectivity index (χ1n) is 11.0. The molecule has 4 rings (SSSR count). The van der Waals surface area contributed by atoms with Gasteiger partial charge in [-0.3, -0.25) is 4.79 Å². The Labute approximate surface area is 192 Å². The molecule has 5 heteroatoms. The number of hydrogen-bond acceptors (Lipinski definition) is 2. The molecule has 1 N–H and O–H groups in total. The highest BCUT2D eigenvalue weighted by molar-refractivity contribution is 9.10. The van der Waals surface area contributed by atoms with Crippen LogP contribution in [0.3, 0.4) is 0 Å². The summed E-state index contributed by atoms with van der Waals surface area (Å²) in [5, 5.41) is 2.82. The zero-order valence-corrected chi connectivity index (χ0v) is 20.1. The summed E-state index contributed by atoms with van der Waals surface area (Å²) in [6.45, 7) is 8.16. The first kappa shape index (κ1) is 22.1. The van der Waals surface area contributed by atoms with Crippen LogP contribution in [0.1, 0.15) is 67.9 Å². The highest BCUT2D eigenvalue weighted by Crippen LogP contribution is 2.47. The van der Waals surface area contributed by atoms with Crippen LogP contribution < -0.4 is 10.1 Å². The highest BCUT2D eigenvalue weighted by Gasteiger charge is 2.33. The number of halogens is 2. The minimum atomic E-state index is -0.406. The third-order valence-electron chi connectivity index (χ3n) is 6.37. The number of ether oxygens (including phenoxy) is 1. The van der Waals surface area contributed by atoms with Crippen LogP contribution in [0.2, 0.25) is 0 Å². The number of rotatable bonds is 3. The maximum Gasteiger partial charge on any atom is 0.255 e. The van der Waals surface area contributed by atoms with Crippen LogP contribution in [0.15, 0.2) is 40.9 Å². The Kier molecular flexibility index (Phi) is 5.99. The van der Waals surface area contributed by atoms with Crippen LogP contribution >= 0.6 is 15.9 Å². The maximum atomic E-state index is 13.9. The second-order valence-electron chi connectivity index (χ2n) is 9.51. The minimum Gasteiger partial charge on any atom is -0.482 e. The minimum absolute atomic E-state index is 0.270. The first-order chi connectivity index (χ1) is 14.6. The van der Waals surface area contributed by atoms with Gasteiger partial charge in [-0.25, -0.2) is 4.39 Å². The molecule has 31 heavy (non-hydrogen) atoms. The summed E-state index contributed by atoms with van der Waals surface area (Å²) in [5.74, 6) is 1.42. The van der Waals surface area contributed by atoms with Gasteiger partial charge in [-0.1, -0.05) is 25.8 Å². The van der Waals surface area contributed by atoms with Crippen molar-refractivity contribution in [3.05, 3.63) is 63.4 Å². The highest BCUT2D eigenvalue weighted by atomic mass is 79.9. The van der Waals surface area contributed by atoms with E-state index in [2.05, 4.69) is 48.1 Å². The zero-order valence-electron chi connectivity index (χ0n) is 18.5. The quantitative estimate of drug-likeness (QED) is 0.487.